The second-order valence-corrected chi connectivity index (χ2v) is 3.33. The Morgan fingerprint density at radius 2 is 2.00 bits per heavy atom. The second kappa shape index (κ2) is 3.17. The van der Waals surface area contributed by atoms with E-state index in [-0.39, 0.29) is 5.78 Å². The van der Waals surface area contributed by atoms with Gasteiger partial charge in [-0.15, -0.1) is 0 Å². The average Bonchev–Trinajstić information content (AvgIpc) is 2.51. The lowest BCUT2D eigenvalue weighted by Crippen LogP contribution is -2.03. The highest BCUT2D eigenvalue weighted by Crippen LogP contribution is 2.31. The van der Waals surface area contributed by atoms with E-state index in [1.165, 1.54) is 5.57 Å². The number of hydrogen-bond acceptors (Lipinski definition) is 1. The van der Waals surface area contributed by atoms with Crippen LogP contribution in [0.1, 0.15) is 19.8 Å². The number of carbonyl (C=O) groups excluding carboxylic acids is 1. The predicted molar refractivity (Wildman–Crippen MR) is 53.3 cm³/mol. The lowest BCUT2D eigenvalue weighted by Gasteiger charge is -2.09. The summed E-state index contributed by atoms with van der Waals surface area (Å²) in [5, 5.41) is 0. The maximum absolute atomic E-state index is 11.4. The SMILES string of the molecule is CCCC1=CC=C2C(=O)C=CC=C12. The van der Waals surface area contributed by atoms with Crippen molar-refractivity contribution in [2.75, 3.05) is 0 Å². The highest BCUT2D eigenvalue weighted by Gasteiger charge is 2.20. The van der Waals surface area contributed by atoms with Crippen LogP contribution in [0.25, 0.3) is 0 Å². The van der Waals surface area contributed by atoms with Crippen LogP contribution < -0.4 is 0 Å². The van der Waals surface area contributed by atoms with Gasteiger partial charge in [0.25, 0.3) is 0 Å². The van der Waals surface area contributed by atoms with Gasteiger partial charge in [-0.25, -0.2) is 0 Å². The lowest BCUT2D eigenvalue weighted by molar-refractivity contribution is -0.111. The Kier molecular flexibility index (Phi) is 2.01. The fourth-order valence-electron chi connectivity index (χ4n) is 1.76. The first kappa shape index (κ1) is 8.24. The maximum atomic E-state index is 11.4. The van der Waals surface area contributed by atoms with Gasteiger partial charge in [-0.2, -0.15) is 0 Å². The van der Waals surface area contributed by atoms with Crippen LogP contribution in [0.5, 0.6) is 0 Å². The largest absolute Gasteiger partial charge is 0.289 e. The molecule has 0 radical (unpaired) electrons. The van der Waals surface area contributed by atoms with E-state index in [9.17, 15) is 4.79 Å². The molecule has 2 rings (SSSR count). The molecule has 0 bridgehead atoms. The van der Waals surface area contributed by atoms with Crippen LogP contribution in [-0.2, 0) is 4.79 Å². The zero-order valence-electron chi connectivity index (χ0n) is 7.71. The summed E-state index contributed by atoms with van der Waals surface area (Å²) >= 11 is 0. The fourth-order valence-corrected chi connectivity index (χ4v) is 1.76. The van der Waals surface area contributed by atoms with Crippen molar-refractivity contribution in [1.82, 2.24) is 0 Å². The molecule has 13 heavy (non-hydrogen) atoms. The molecule has 0 aliphatic heterocycles. The topological polar surface area (TPSA) is 17.1 Å². The van der Waals surface area contributed by atoms with Crippen molar-refractivity contribution in [3.05, 3.63) is 47.1 Å². The molecule has 0 spiro atoms. The van der Waals surface area contributed by atoms with Crippen molar-refractivity contribution in [2.45, 2.75) is 19.8 Å². The Morgan fingerprint density at radius 3 is 2.77 bits per heavy atom. The zero-order valence-corrected chi connectivity index (χ0v) is 7.71. The smallest absolute Gasteiger partial charge is 0.186 e. The van der Waals surface area contributed by atoms with E-state index in [4.69, 9.17) is 0 Å². The van der Waals surface area contributed by atoms with E-state index in [1.54, 1.807) is 6.08 Å². The predicted octanol–water partition coefficient (Wildman–Crippen LogP) is 2.72. The van der Waals surface area contributed by atoms with Gasteiger partial charge in [0.15, 0.2) is 5.78 Å². The Hall–Kier alpha value is -1.37. The van der Waals surface area contributed by atoms with Crippen molar-refractivity contribution < 1.29 is 4.79 Å². The minimum Gasteiger partial charge on any atom is -0.289 e. The van der Waals surface area contributed by atoms with E-state index in [1.807, 2.05) is 18.2 Å². The molecule has 0 amide bonds. The Morgan fingerprint density at radius 1 is 1.15 bits per heavy atom. The number of allylic oxidation sites excluding steroid dienone is 8. The van der Waals surface area contributed by atoms with Crippen LogP contribution in [0.2, 0.25) is 0 Å². The lowest BCUT2D eigenvalue weighted by atomic mass is 9.94. The van der Waals surface area contributed by atoms with Gasteiger partial charge in [-0.3, -0.25) is 4.79 Å². The molecule has 66 valence electrons. The molecule has 1 heteroatoms. The van der Waals surface area contributed by atoms with Gasteiger partial charge in [0.2, 0.25) is 0 Å². The van der Waals surface area contributed by atoms with Crippen molar-refractivity contribution in [3.8, 4) is 0 Å². The highest BCUT2D eigenvalue weighted by atomic mass is 16.1. The molecule has 0 fully saturated rings. The number of ketones is 1. The summed E-state index contributed by atoms with van der Waals surface area (Å²) in [6.07, 6.45) is 11.7. The average molecular weight is 172 g/mol. The third-order valence-corrected chi connectivity index (χ3v) is 2.38. The van der Waals surface area contributed by atoms with E-state index >= 15 is 0 Å². The van der Waals surface area contributed by atoms with Gasteiger partial charge in [-0.1, -0.05) is 37.6 Å². The Labute approximate surface area is 78.1 Å². The maximum Gasteiger partial charge on any atom is 0.186 e. The molecule has 0 unspecified atom stereocenters. The summed E-state index contributed by atoms with van der Waals surface area (Å²) in [4.78, 5) is 11.4. The van der Waals surface area contributed by atoms with E-state index in [0.717, 1.165) is 24.0 Å². The highest BCUT2D eigenvalue weighted by molar-refractivity contribution is 6.10. The molecule has 2 aliphatic rings. The Balaban J connectivity index is 2.30. The molecular weight excluding hydrogens is 160 g/mol. The van der Waals surface area contributed by atoms with Gasteiger partial charge in [0, 0.05) is 5.57 Å². The van der Waals surface area contributed by atoms with Gasteiger partial charge in [-0.05, 0) is 23.6 Å². The summed E-state index contributed by atoms with van der Waals surface area (Å²) in [5.41, 5.74) is 3.30. The van der Waals surface area contributed by atoms with Crippen molar-refractivity contribution >= 4 is 5.78 Å². The number of fused-ring (bicyclic) bond motifs is 1. The number of carbonyl (C=O) groups is 1. The molecule has 2 aliphatic carbocycles. The van der Waals surface area contributed by atoms with Gasteiger partial charge in [0.1, 0.15) is 0 Å². The third-order valence-electron chi connectivity index (χ3n) is 2.38. The summed E-state index contributed by atoms with van der Waals surface area (Å²) in [5.74, 6) is 0.139. The summed E-state index contributed by atoms with van der Waals surface area (Å²) in [6, 6.07) is 0. The zero-order chi connectivity index (χ0) is 9.26. The van der Waals surface area contributed by atoms with E-state index in [0.29, 0.717) is 0 Å². The normalized spacial score (nSPS) is 19.5. The minimum absolute atomic E-state index is 0.139. The number of hydrogen-bond donors (Lipinski definition) is 0. The molecular formula is C12H12O. The minimum atomic E-state index is 0.139. The molecule has 0 aromatic carbocycles. The third kappa shape index (κ3) is 1.31. The van der Waals surface area contributed by atoms with Gasteiger partial charge < -0.3 is 0 Å². The molecule has 0 N–H and O–H groups in total. The van der Waals surface area contributed by atoms with Crippen LogP contribution in [-0.4, -0.2) is 5.78 Å². The van der Waals surface area contributed by atoms with E-state index < -0.39 is 0 Å². The monoisotopic (exact) mass is 172 g/mol. The quantitative estimate of drug-likeness (QED) is 0.626. The first-order valence-electron chi connectivity index (χ1n) is 4.67. The van der Waals surface area contributed by atoms with Crippen LogP contribution in [0.3, 0.4) is 0 Å². The first-order valence-corrected chi connectivity index (χ1v) is 4.67. The van der Waals surface area contributed by atoms with Crippen molar-refractivity contribution in [3.63, 3.8) is 0 Å². The molecule has 0 saturated heterocycles. The van der Waals surface area contributed by atoms with Gasteiger partial charge >= 0.3 is 0 Å². The molecule has 0 atom stereocenters. The van der Waals surface area contributed by atoms with Gasteiger partial charge in [0.05, 0.1) is 0 Å². The fraction of sp³-hybridized carbons (Fsp3) is 0.250. The second-order valence-electron chi connectivity index (χ2n) is 3.33. The summed E-state index contributed by atoms with van der Waals surface area (Å²) in [6.45, 7) is 2.15. The standard InChI is InChI=1S/C12H12O/c1-2-4-9-7-8-11-10(9)5-3-6-12(11)13/h3,5-8H,2,4H2,1H3. The van der Waals surface area contributed by atoms with Crippen LogP contribution in [0.15, 0.2) is 47.1 Å². The molecule has 0 saturated carbocycles. The van der Waals surface area contributed by atoms with Crippen LogP contribution in [0, 0.1) is 0 Å². The van der Waals surface area contributed by atoms with Crippen LogP contribution in [0.4, 0.5) is 0 Å². The first-order chi connectivity index (χ1) is 6.33. The summed E-state index contributed by atoms with van der Waals surface area (Å²) in [7, 11) is 0. The van der Waals surface area contributed by atoms with Crippen LogP contribution >= 0.6 is 0 Å². The molecule has 0 aromatic heterocycles. The van der Waals surface area contributed by atoms with Crippen molar-refractivity contribution in [1.29, 1.82) is 0 Å². The molecule has 0 heterocycles. The molecule has 0 aromatic rings. The Bertz CT molecular complexity index is 365. The van der Waals surface area contributed by atoms with Crippen molar-refractivity contribution in [2.24, 2.45) is 0 Å². The number of rotatable bonds is 2. The summed E-state index contributed by atoms with van der Waals surface area (Å²) < 4.78 is 0. The molecule has 1 nitrogen and oxygen atoms in total. The van der Waals surface area contributed by atoms with E-state index in [2.05, 4.69) is 13.0 Å².